The van der Waals surface area contributed by atoms with E-state index in [0.29, 0.717) is 0 Å². The number of nitrogens with zero attached hydrogens (tertiary/aromatic N) is 3. The molecule has 128 valence electrons. The quantitative estimate of drug-likeness (QED) is 0.515. The third-order valence-corrected chi connectivity index (χ3v) is 3.94. The van der Waals surface area contributed by atoms with E-state index in [2.05, 4.69) is 20.5 Å². The number of aromatic nitrogens is 2. The smallest absolute Gasteiger partial charge is 0.318 e. The van der Waals surface area contributed by atoms with Gasteiger partial charge >= 0.3 is 6.01 Å². The fourth-order valence-corrected chi connectivity index (χ4v) is 2.52. The van der Waals surface area contributed by atoms with Crippen LogP contribution in [0.15, 0.2) is 53.1 Å². The molecule has 2 aromatic heterocycles. The minimum absolute atomic E-state index is 0.0524. The first-order valence-electron chi connectivity index (χ1n) is 7.35. The van der Waals surface area contributed by atoms with Gasteiger partial charge in [0.15, 0.2) is 11.6 Å². The minimum Gasteiger partial charge on any atom is -0.497 e. The van der Waals surface area contributed by atoms with Gasteiger partial charge in [0.05, 0.1) is 19.5 Å². The lowest BCUT2D eigenvalue weighted by Crippen LogP contribution is -2.04. The molecule has 0 aliphatic heterocycles. The van der Waals surface area contributed by atoms with E-state index in [-0.39, 0.29) is 18.4 Å². The zero-order valence-corrected chi connectivity index (χ0v) is 14.2. The van der Waals surface area contributed by atoms with Crippen molar-refractivity contribution in [3.63, 3.8) is 0 Å². The fourth-order valence-electron chi connectivity index (χ4n) is 1.93. The second-order valence-electron chi connectivity index (χ2n) is 4.87. The molecule has 3 rings (SSSR count). The van der Waals surface area contributed by atoms with Crippen molar-refractivity contribution in [2.24, 2.45) is 5.10 Å². The van der Waals surface area contributed by atoms with Crippen LogP contribution in [0.5, 0.6) is 11.8 Å². The van der Waals surface area contributed by atoms with Crippen LogP contribution in [0.1, 0.15) is 10.4 Å². The van der Waals surface area contributed by atoms with Crippen LogP contribution >= 0.6 is 11.3 Å². The Morgan fingerprint density at radius 2 is 2.24 bits per heavy atom. The number of halogens is 1. The van der Waals surface area contributed by atoms with Crippen LogP contribution in [-0.2, 0) is 6.61 Å². The average molecular weight is 358 g/mol. The van der Waals surface area contributed by atoms with Gasteiger partial charge < -0.3 is 9.47 Å². The molecule has 0 aliphatic rings. The van der Waals surface area contributed by atoms with Crippen molar-refractivity contribution in [1.82, 2.24) is 9.97 Å². The molecule has 2 heterocycles. The van der Waals surface area contributed by atoms with Crippen molar-refractivity contribution < 1.29 is 13.9 Å². The zero-order valence-electron chi connectivity index (χ0n) is 13.3. The average Bonchev–Trinajstić information content (AvgIpc) is 3.16. The van der Waals surface area contributed by atoms with Crippen LogP contribution in [0.25, 0.3) is 0 Å². The Balaban J connectivity index is 1.64. The van der Waals surface area contributed by atoms with Crippen molar-refractivity contribution in [2.75, 3.05) is 12.5 Å². The third-order valence-electron chi connectivity index (χ3n) is 3.13. The summed E-state index contributed by atoms with van der Waals surface area (Å²) >= 11 is 1.52. The van der Waals surface area contributed by atoms with E-state index in [1.807, 2.05) is 41.8 Å². The SMILES string of the molecule is COc1cccc(COc2ncc(F)c(N/N=C\c3cccs3)n2)c1. The molecule has 0 saturated carbocycles. The molecule has 0 atom stereocenters. The summed E-state index contributed by atoms with van der Waals surface area (Å²) < 4.78 is 24.4. The largest absolute Gasteiger partial charge is 0.497 e. The summed E-state index contributed by atoms with van der Waals surface area (Å²) in [7, 11) is 1.59. The Kier molecular flexibility index (Phi) is 5.53. The molecule has 1 aromatic carbocycles. The summed E-state index contributed by atoms with van der Waals surface area (Å²) in [6.45, 7) is 0.237. The molecule has 3 aromatic rings. The number of hydrogen-bond donors (Lipinski definition) is 1. The molecule has 8 heteroatoms. The third kappa shape index (κ3) is 4.74. The molecule has 0 radical (unpaired) electrons. The van der Waals surface area contributed by atoms with Crippen LogP contribution in [0, 0.1) is 5.82 Å². The first-order chi connectivity index (χ1) is 12.2. The van der Waals surface area contributed by atoms with Crippen LogP contribution < -0.4 is 14.9 Å². The maximum Gasteiger partial charge on any atom is 0.318 e. The molecule has 0 aliphatic carbocycles. The standard InChI is InChI=1S/C17H15FN4O2S/c1-23-13-5-2-4-12(8-13)11-24-17-19-10-15(18)16(21-17)22-20-9-14-6-3-7-25-14/h2-10H,11H2,1H3,(H,19,21,22)/b20-9-. The fraction of sp³-hybridized carbons (Fsp3) is 0.118. The number of rotatable bonds is 7. The van der Waals surface area contributed by atoms with Gasteiger partial charge in [-0.3, -0.25) is 5.43 Å². The van der Waals surface area contributed by atoms with E-state index in [1.54, 1.807) is 13.3 Å². The molecule has 0 unspecified atom stereocenters. The maximum atomic E-state index is 13.8. The Morgan fingerprint density at radius 3 is 3.04 bits per heavy atom. The number of hydrogen-bond acceptors (Lipinski definition) is 7. The highest BCUT2D eigenvalue weighted by molar-refractivity contribution is 7.11. The molecule has 1 N–H and O–H groups in total. The van der Waals surface area contributed by atoms with Gasteiger partial charge in [0.25, 0.3) is 0 Å². The molecule has 0 bridgehead atoms. The molecule has 0 amide bonds. The molecule has 0 fully saturated rings. The Hall–Kier alpha value is -3.00. The first-order valence-corrected chi connectivity index (χ1v) is 8.23. The predicted molar refractivity (Wildman–Crippen MR) is 94.9 cm³/mol. The lowest BCUT2D eigenvalue weighted by atomic mass is 10.2. The van der Waals surface area contributed by atoms with Gasteiger partial charge in [-0.1, -0.05) is 18.2 Å². The van der Waals surface area contributed by atoms with Crippen molar-refractivity contribution in [3.8, 4) is 11.8 Å². The topological polar surface area (TPSA) is 68.6 Å². The van der Waals surface area contributed by atoms with E-state index >= 15 is 0 Å². The van der Waals surface area contributed by atoms with Gasteiger partial charge in [0, 0.05) is 4.88 Å². The maximum absolute atomic E-state index is 13.8. The van der Waals surface area contributed by atoms with Gasteiger partial charge in [-0.05, 0) is 29.1 Å². The van der Waals surface area contributed by atoms with Gasteiger partial charge in [0.2, 0.25) is 0 Å². The second kappa shape index (κ2) is 8.20. The van der Waals surface area contributed by atoms with Crippen molar-refractivity contribution in [3.05, 3.63) is 64.2 Å². The van der Waals surface area contributed by atoms with Crippen molar-refractivity contribution >= 4 is 23.4 Å². The van der Waals surface area contributed by atoms with Crippen LogP contribution in [-0.4, -0.2) is 23.3 Å². The Morgan fingerprint density at radius 1 is 1.32 bits per heavy atom. The molecule has 6 nitrogen and oxygen atoms in total. The number of ether oxygens (including phenoxy) is 2. The monoisotopic (exact) mass is 358 g/mol. The number of nitrogens with one attached hydrogen (secondary N) is 1. The molecular formula is C17H15FN4O2S. The minimum atomic E-state index is -0.614. The van der Waals surface area contributed by atoms with Crippen molar-refractivity contribution in [1.29, 1.82) is 0 Å². The van der Waals surface area contributed by atoms with Gasteiger partial charge in [-0.25, -0.2) is 9.37 Å². The highest BCUT2D eigenvalue weighted by Crippen LogP contribution is 2.17. The summed E-state index contributed by atoms with van der Waals surface area (Å²) in [6, 6.07) is 11.3. The summed E-state index contributed by atoms with van der Waals surface area (Å²) in [5.74, 6) is 0.0619. The summed E-state index contributed by atoms with van der Waals surface area (Å²) in [5.41, 5.74) is 3.44. The van der Waals surface area contributed by atoms with Gasteiger partial charge in [0.1, 0.15) is 12.4 Å². The normalized spacial score (nSPS) is 10.8. The van der Waals surface area contributed by atoms with E-state index in [9.17, 15) is 4.39 Å². The van der Waals surface area contributed by atoms with Crippen LogP contribution in [0.4, 0.5) is 10.2 Å². The van der Waals surface area contributed by atoms with Gasteiger partial charge in [-0.2, -0.15) is 10.1 Å². The lowest BCUT2D eigenvalue weighted by molar-refractivity contribution is 0.279. The second-order valence-corrected chi connectivity index (χ2v) is 5.85. The van der Waals surface area contributed by atoms with Crippen LogP contribution in [0.2, 0.25) is 0 Å². The van der Waals surface area contributed by atoms with Crippen molar-refractivity contribution in [2.45, 2.75) is 6.61 Å². The number of thiophene rings is 1. The Bertz CT molecular complexity index is 856. The van der Waals surface area contributed by atoms with E-state index < -0.39 is 5.82 Å². The number of benzene rings is 1. The number of methoxy groups -OCH3 is 1. The predicted octanol–water partition coefficient (Wildman–Crippen LogP) is 3.71. The molecule has 0 spiro atoms. The number of anilines is 1. The molecule has 0 saturated heterocycles. The highest BCUT2D eigenvalue weighted by atomic mass is 32.1. The molecule has 25 heavy (non-hydrogen) atoms. The molecular weight excluding hydrogens is 343 g/mol. The van der Waals surface area contributed by atoms with E-state index in [0.717, 1.165) is 22.4 Å². The van der Waals surface area contributed by atoms with Crippen LogP contribution in [0.3, 0.4) is 0 Å². The van der Waals surface area contributed by atoms with E-state index in [4.69, 9.17) is 9.47 Å². The summed E-state index contributed by atoms with van der Waals surface area (Å²) in [5, 5.41) is 5.89. The number of hydrazone groups is 1. The van der Waals surface area contributed by atoms with E-state index in [1.165, 1.54) is 11.3 Å². The Labute approximate surface area is 148 Å². The summed E-state index contributed by atoms with van der Waals surface area (Å²) in [4.78, 5) is 8.75. The first kappa shape index (κ1) is 16.8. The highest BCUT2D eigenvalue weighted by Gasteiger charge is 2.07. The summed E-state index contributed by atoms with van der Waals surface area (Å²) in [6.07, 6.45) is 2.62. The zero-order chi connectivity index (χ0) is 17.5. The lowest BCUT2D eigenvalue weighted by Gasteiger charge is -2.07. The van der Waals surface area contributed by atoms with Gasteiger partial charge in [-0.15, -0.1) is 11.3 Å².